The number of fused-ring (bicyclic) bond motifs is 9. The zero-order valence-corrected chi connectivity index (χ0v) is 28.1. The fourth-order valence-corrected chi connectivity index (χ4v) is 12.1. The van der Waals surface area contributed by atoms with Crippen LogP contribution in [0.4, 0.5) is 33.4 Å². The molecule has 0 radical (unpaired) electrons. The van der Waals surface area contributed by atoms with E-state index in [4.69, 9.17) is 0 Å². The Morgan fingerprint density at radius 3 is 2.09 bits per heavy atom. The van der Waals surface area contributed by atoms with Crippen molar-refractivity contribution in [3.05, 3.63) is 120 Å². The number of aryl methyl sites for hydroxylation is 1. The van der Waals surface area contributed by atoms with Gasteiger partial charge in [0, 0.05) is 48.2 Å². The molecule has 4 heterocycles. The van der Waals surface area contributed by atoms with Crippen molar-refractivity contribution in [1.29, 1.82) is 0 Å². The van der Waals surface area contributed by atoms with Gasteiger partial charge in [-0.2, -0.15) is 0 Å². The van der Waals surface area contributed by atoms with E-state index in [-0.39, 0.29) is 16.9 Å². The van der Waals surface area contributed by atoms with E-state index in [2.05, 4.69) is 152 Å². The van der Waals surface area contributed by atoms with Crippen LogP contribution in [0.25, 0.3) is 10.1 Å². The molecule has 10 rings (SSSR count). The summed E-state index contributed by atoms with van der Waals surface area (Å²) in [7, 11) is 0. The molecule has 5 aromatic carbocycles. The zero-order valence-electron chi connectivity index (χ0n) is 26.5. The molecule has 224 valence electrons. The maximum absolute atomic E-state index is 2.68. The van der Waals surface area contributed by atoms with E-state index in [1.807, 2.05) is 11.3 Å². The minimum Gasteiger partial charge on any atom is -0.311 e. The monoisotopic (exact) mass is 630 g/mol. The molecule has 1 saturated carbocycles. The molecule has 1 aromatic heterocycles. The molecule has 3 aliphatic heterocycles. The van der Waals surface area contributed by atoms with E-state index < -0.39 is 0 Å². The van der Waals surface area contributed by atoms with Crippen molar-refractivity contribution in [3.63, 3.8) is 0 Å². The Hall–Kier alpha value is -3.93. The second-order valence-electron chi connectivity index (χ2n) is 14.1. The minimum absolute atomic E-state index is 0.154. The largest absolute Gasteiger partial charge is 0.311 e. The van der Waals surface area contributed by atoms with Gasteiger partial charge in [0.05, 0.1) is 5.00 Å². The molecule has 0 spiro atoms. The molecule has 1 fully saturated rings. The summed E-state index contributed by atoms with van der Waals surface area (Å²) in [5.41, 5.74) is 13.8. The quantitative estimate of drug-likeness (QED) is 0.176. The Bertz CT molecular complexity index is 2210. The van der Waals surface area contributed by atoms with Crippen LogP contribution in [0.5, 0.6) is 0 Å². The Balaban J connectivity index is 1.34. The third-order valence-corrected chi connectivity index (χ3v) is 14.4. The summed E-state index contributed by atoms with van der Waals surface area (Å²) in [6.07, 6.45) is 5.21. The third kappa shape index (κ3) is 3.51. The number of benzene rings is 5. The van der Waals surface area contributed by atoms with Crippen LogP contribution in [0.3, 0.4) is 0 Å². The standard InChI is InChI=1S/C41H35BN2S2/c1-26-22-33-38-34(23-26)44(28-16-8-5-9-17-28)39-37(29-18-10-11-19-35(29)45-39)42(38)31-24-30-36(46-41(3)21-13-12-20-40(30,41)2)25-32(31)43(33)27-14-6-4-7-15-27/h4-11,14-19,22-25H,12-13,20-21H2,1-3H3. The molecular formula is C41H35BN2S2. The topological polar surface area (TPSA) is 6.48 Å². The van der Waals surface area contributed by atoms with Gasteiger partial charge < -0.3 is 9.80 Å². The predicted octanol–water partition coefficient (Wildman–Crippen LogP) is 9.99. The first-order valence-corrected chi connectivity index (χ1v) is 18.3. The average Bonchev–Trinajstić information content (AvgIpc) is 3.56. The number of hydrogen-bond donors (Lipinski definition) is 0. The highest BCUT2D eigenvalue weighted by atomic mass is 32.2. The molecule has 0 saturated heterocycles. The molecule has 0 N–H and O–H groups in total. The molecule has 2 nitrogen and oxygen atoms in total. The fraction of sp³-hybridized carbons (Fsp3) is 0.220. The van der Waals surface area contributed by atoms with E-state index in [1.165, 1.54) is 96.1 Å². The highest BCUT2D eigenvalue weighted by molar-refractivity contribution is 8.01. The van der Waals surface area contributed by atoms with Gasteiger partial charge in [0.2, 0.25) is 0 Å². The molecule has 4 aliphatic rings. The maximum atomic E-state index is 2.68. The van der Waals surface area contributed by atoms with Gasteiger partial charge in [0.25, 0.3) is 6.71 Å². The SMILES string of the molecule is Cc1cc2c3c(c1)N(c1ccccc1)c1sc4ccccc4c1B3c1cc3c(cc1N2c1ccccc1)SC1(C)CCCCC31C. The maximum Gasteiger partial charge on any atom is 0.254 e. The summed E-state index contributed by atoms with van der Waals surface area (Å²) in [5, 5.41) is 2.73. The van der Waals surface area contributed by atoms with Crippen LogP contribution in [-0.4, -0.2) is 11.5 Å². The number of thiophene rings is 1. The van der Waals surface area contributed by atoms with Crippen LogP contribution in [-0.2, 0) is 5.41 Å². The smallest absolute Gasteiger partial charge is 0.254 e. The van der Waals surface area contributed by atoms with Gasteiger partial charge in [-0.05, 0) is 108 Å². The van der Waals surface area contributed by atoms with Gasteiger partial charge in [-0.3, -0.25) is 0 Å². The van der Waals surface area contributed by atoms with Crippen molar-refractivity contribution in [3.8, 4) is 0 Å². The summed E-state index contributed by atoms with van der Waals surface area (Å²) in [5.74, 6) is 0. The molecule has 2 atom stereocenters. The highest BCUT2D eigenvalue weighted by Crippen LogP contribution is 2.63. The third-order valence-electron chi connectivity index (χ3n) is 11.5. The van der Waals surface area contributed by atoms with Crippen molar-refractivity contribution in [1.82, 2.24) is 0 Å². The highest BCUT2D eigenvalue weighted by Gasteiger charge is 2.55. The number of hydrogen-bond acceptors (Lipinski definition) is 4. The van der Waals surface area contributed by atoms with Gasteiger partial charge in [-0.25, -0.2) is 0 Å². The number of anilines is 6. The van der Waals surface area contributed by atoms with E-state index in [0.29, 0.717) is 0 Å². The molecule has 1 aliphatic carbocycles. The second-order valence-corrected chi connectivity index (χ2v) is 16.7. The molecule has 6 aromatic rings. The lowest BCUT2D eigenvalue weighted by Gasteiger charge is -2.46. The lowest BCUT2D eigenvalue weighted by molar-refractivity contribution is 0.260. The lowest BCUT2D eigenvalue weighted by atomic mass is 9.33. The molecule has 2 unspecified atom stereocenters. The van der Waals surface area contributed by atoms with E-state index in [1.54, 1.807) is 5.56 Å². The first-order valence-electron chi connectivity index (χ1n) is 16.7. The van der Waals surface area contributed by atoms with Crippen LogP contribution >= 0.6 is 23.1 Å². The summed E-state index contributed by atoms with van der Waals surface area (Å²) in [6.45, 7) is 7.53. The van der Waals surface area contributed by atoms with Crippen molar-refractivity contribution in [2.45, 2.75) is 61.5 Å². The van der Waals surface area contributed by atoms with Crippen LogP contribution in [0.15, 0.2) is 114 Å². The summed E-state index contributed by atoms with van der Waals surface area (Å²) in [4.78, 5) is 6.62. The summed E-state index contributed by atoms with van der Waals surface area (Å²) < 4.78 is 1.59. The molecule has 0 bridgehead atoms. The minimum atomic E-state index is 0.154. The molecule has 46 heavy (non-hydrogen) atoms. The van der Waals surface area contributed by atoms with E-state index >= 15 is 0 Å². The Labute approximate surface area is 280 Å². The lowest BCUT2D eigenvalue weighted by Crippen LogP contribution is -2.61. The van der Waals surface area contributed by atoms with E-state index in [0.717, 1.165) is 0 Å². The first-order chi connectivity index (χ1) is 22.5. The van der Waals surface area contributed by atoms with Crippen LogP contribution in [0, 0.1) is 6.92 Å². The Morgan fingerprint density at radius 2 is 1.33 bits per heavy atom. The van der Waals surface area contributed by atoms with Crippen LogP contribution in [0.2, 0.25) is 0 Å². The normalized spacial score (nSPS) is 22.3. The van der Waals surface area contributed by atoms with Crippen molar-refractivity contribution >= 4 is 89.7 Å². The summed E-state index contributed by atoms with van der Waals surface area (Å²) >= 11 is 4.10. The first kappa shape index (κ1) is 27.2. The summed E-state index contributed by atoms with van der Waals surface area (Å²) in [6, 6.07) is 41.3. The van der Waals surface area contributed by atoms with Crippen LogP contribution < -0.4 is 26.2 Å². The second kappa shape index (κ2) is 9.56. The van der Waals surface area contributed by atoms with Crippen LogP contribution in [0.1, 0.15) is 50.7 Å². The van der Waals surface area contributed by atoms with E-state index in [9.17, 15) is 0 Å². The number of nitrogens with zero attached hydrogens (tertiary/aromatic N) is 2. The van der Waals surface area contributed by atoms with Gasteiger partial charge in [0.15, 0.2) is 0 Å². The van der Waals surface area contributed by atoms with Gasteiger partial charge in [-0.15, -0.1) is 23.1 Å². The van der Waals surface area contributed by atoms with Crippen molar-refractivity contribution in [2.75, 3.05) is 9.80 Å². The number of thioether (sulfide) groups is 1. The predicted molar refractivity (Wildman–Crippen MR) is 201 cm³/mol. The van der Waals surface area contributed by atoms with Gasteiger partial charge in [0.1, 0.15) is 0 Å². The Morgan fingerprint density at radius 1 is 0.674 bits per heavy atom. The van der Waals surface area contributed by atoms with Gasteiger partial charge in [-0.1, -0.05) is 80.4 Å². The van der Waals surface area contributed by atoms with Gasteiger partial charge >= 0.3 is 0 Å². The fourth-order valence-electron chi connectivity index (χ4n) is 9.14. The Kier molecular flexibility index (Phi) is 5.65. The zero-order chi connectivity index (χ0) is 30.8. The number of para-hydroxylation sites is 2. The number of rotatable bonds is 2. The molecule has 0 amide bonds. The van der Waals surface area contributed by atoms with Crippen molar-refractivity contribution in [2.24, 2.45) is 0 Å². The average molecular weight is 631 g/mol. The molecular weight excluding hydrogens is 595 g/mol. The van der Waals surface area contributed by atoms with Crippen molar-refractivity contribution < 1.29 is 0 Å². The molecule has 5 heteroatoms.